The number of ether oxygens (including phenoxy) is 1. The highest BCUT2D eigenvalue weighted by Crippen LogP contribution is 2.27. The van der Waals surface area contributed by atoms with Crippen LogP contribution in [-0.4, -0.2) is 22.7 Å². The van der Waals surface area contributed by atoms with Crippen LogP contribution in [0.3, 0.4) is 0 Å². The molecule has 4 nitrogen and oxygen atoms in total. The quantitative estimate of drug-likeness (QED) is 0.522. The third-order valence-corrected chi connectivity index (χ3v) is 4.19. The predicted molar refractivity (Wildman–Crippen MR) is 97.3 cm³/mol. The smallest absolute Gasteiger partial charge is 0.341 e. The number of carboxylic acids is 1. The van der Waals surface area contributed by atoms with Crippen LogP contribution in [0.2, 0.25) is 0 Å². The van der Waals surface area contributed by atoms with Crippen molar-refractivity contribution in [2.45, 2.75) is 13.5 Å². The number of aliphatic imine (C=N–C) groups is 1. The van der Waals surface area contributed by atoms with Crippen molar-refractivity contribution in [2.75, 3.05) is 6.61 Å². The highest BCUT2D eigenvalue weighted by atomic mass is 79.9. The molecule has 0 saturated heterocycles. The normalized spacial score (nSPS) is 11.4. The van der Waals surface area contributed by atoms with E-state index in [1.165, 1.54) is 6.07 Å². The first-order chi connectivity index (χ1) is 11.9. The maximum atomic E-state index is 13.9. The monoisotopic (exact) mass is 429 g/mol. The van der Waals surface area contributed by atoms with Gasteiger partial charge in [0.2, 0.25) is 0 Å². The standard InChI is InChI=1S/C17H14BrF2NO3S/c1-10-2-5-15(24-9-16(22)23)13(6-10)17(25-20)21-8-11-3-4-12(18)7-14(11)19/h2-7H,8-9H2,1H3,(H,22,23). The Morgan fingerprint density at radius 3 is 2.72 bits per heavy atom. The Morgan fingerprint density at radius 2 is 2.08 bits per heavy atom. The van der Waals surface area contributed by atoms with E-state index in [1.54, 1.807) is 37.3 Å². The molecule has 0 bridgehead atoms. The number of carboxylic acid groups (broad SMARTS) is 1. The number of aryl methyl sites for hydroxylation is 1. The van der Waals surface area contributed by atoms with E-state index in [-0.39, 0.29) is 29.5 Å². The Labute approximate surface area is 156 Å². The first kappa shape index (κ1) is 19.4. The number of hydrogen-bond acceptors (Lipinski definition) is 4. The molecule has 0 radical (unpaired) electrons. The summed E-state index contributed by atoms with van der Waals surface area (Å²) in [6.07, 6.45) is 0. The number of rotatable bonds is 6. The fourth-order valence-corrected chi connectivity index (χ4v) is 2.72. The Balaban J connectivity index is 2.32. The largest absolute Gasteiger partial charge is 0.481 e. The zero-order valence-electron chi connectivity index (χ0n) is 13.1. The second-order valence-electron chi connectivity index (χ2n) is 5.12. The van der Waals surface area contributed by atoms with Gasteiger partial charge in [-0.05, 0) is 31.2 Å². The first-order valence-corrected chi connectivity index (χ1v) is 8.64. The molecule has 2 aromatic rings. The van der Waals surface area contributed by atoms with E-state index in [0.717, 1.165) is 5.56 Å². The lowest BCUT2D eigenvalue weighted by Gasteiger charge is -2.11. The van der Waals surface area contributed by atoms with Gasteiger partial charge in [0.15, 0.2) is 6.61 Å². The summed E-state index contributed by atoms with van der Waals surface area (Å²) >= 11 is 3.07. The van der Waals surface area contributed by atoms with E-state index >= 15 is 0 Å². The number of aliphatic carboxylic acids is 1. The van der Waals surface area contributed by atoms with Gasteiger partial charge >= 0.3 is 5.97 Å². The van der Waals surface area contributed by atoms with Crippen molar-refractivity contribution < 1.29 is 22.9 Å². The van der Waals surface area contributed by atoms with E-state index in [0.29, 0.717) is 15.6 Å². The van der Waals surface area contributed by atoms with Crippen LogP contribution >= 0.6 is 28.1 Å². The first-order valence-electron chi connectivity index (χ1n) is 7.13. The topological polar surface area (TPSA) is 58.9 Å². The molecule has 0 unspecified atom stereocenters. The minimum atomic E-state index is -1.14. The summed E-state index contributed by atoms with van der Waals surface area (Å²) in [5, 5.41) is 8.73. The van der Waals surface area contributed by atoms with Crippen molar-refractivity contribution in [1.82, 2.24) is 0 Å². The molecule has 0 fully saturated rings. The SMILES string of the molecule is Cc1ccc(OCC(=O)O)c(C(=NCc2ccc(Br)cc2F)SF)c1. The Morgan fingerprint density at radius 1 is 1.32 bits per heavy atom. The molecule has 0 spiro atoms. The lowest BCUT2D eigenvalue weighted by Crippen LogP contribution is -2.11. The molecule has 0 aliphatic heterocycles. The average molecular weight is 430 g/mol. The van der Waals surface area contributed by atoms with Crippen LogP contribution in [0.1, 0.15) is 16.7 Å². The molecule has 132 valence electrons. The van der Waals surface area contributed by atoms with Crippen molar-refractivity contribution in [1.29, 1.82) is 0 Å². The highest BCUT2D eigenvalue weighted by molar-refractivity contribution is 9.10. The van der Waals surface area contributed by atoms with Crippen LogP contribution in [-0.2, 0) is 11.3 Å². The van der Waals surface area contributed by atoms with Crippen LogP contribution < -0.4 is 4.74 Å². The molecule has 0 aromatic heterocycles. The minimum absolute atomic E-state index is 0.00796. The van der Waals surface area contributed by atoms with Gasteiger partial charge in [-0.3, -0.25) is 4.99 Å². The average Bonchev–Trinajstić information content (AvgIpc) is 2.56. The molecule has 8 heteroatoms. The van der Waals surface area contributed by atoms with Gasteiger partial charge in [0, 0.05) is 10.0 Å². The summed E-state index contributed by atoms with van der Waals surface area (Å²) < 4.78 is 33.1. The lowest BCUT2D eigenvalue weighted by molar-refractivity contribution is -0.139. The Hall–Kier alpha value is -1.93. The van der Waals surface area contributed by atoms with Crippen LogP contribution in [0, 0.1) is 12.7 Å². The van der Waals surface area contributed by atoms with Crippen molar-refractivity contribution >= 4 is 39.1 Å². The Kier molecular flexibility index (Phi) is 6.95. The summed E-state index contributed by atoms with van der Waals surface area (Å²) in [6, 6.07) is 9.45. The van der Waals surface area contributed by atoms with Gasteiger partial charge in [-0.15, -0.1) is 0 Å². The van der Waals surface area contributed by atoms with Crippen molar-refractivity contribution in [3.8, 4) is 5.75 Å². The summed E-state index contributed by atoms with van der Waals surface area (Å²) in [7, 11) is 0. The molecule has 0 aliphatic carbocycles. The molecule has 0 atom stereocenters. The Bertz CT molecular complexity index is 814. The molecule has 0 aliphatic rings. The summed E-state index contributed by atoms with van der Waals surface area (Å²) in [5.74, 6) is -1.39. The summed E-state index contributed by atoms with van der Waals surface area (Å²) in [4.78, 5) is 14.8. The molecule has 25 heavy (non-hydrogen) atoms. The van der Waals surface area contributed by atoms with E-state index in [4.69, 9.17) is 9.84 Å². The molecule has 0 saturated carbocycles. The summed E-state index contributed by atoms with van der Waals surface area (Å²) in [6.45, 7) is 1.19. The third kappa shape index (κ3) is 5.54. The third-order valence-electron chi connectivity index (χ3n) is 3.20. The number of nitrogens with zero attached hydrogens (tertiary/aromatic N) is 1. The van der Waals surface area contributed by atoms with Crippen LogP contribution in [0.4, 0.5) is 8.28 Å². The molecular weight excluding hydrogens is 416 g/mol. The van der Waals surface area contributed by atoms with Crippen molar-refractivity contribution in [2.24, 2.45) is 4.99 Å². The van der Waals surface area contributed by atoms with Gasteiger partial charge in [0.25, 0.3) is 0 Å². The van der Waals surface area contributed by atoms with Gasteiger partial charge < -0.3 is 9.84 Å². The highest BCUT2D eigenvalue weighted by Gasteiger charge is 2.14. The fraction of sp³-hybridized carbons (Fsp3) is 0.176. The predicted octanol–water partition coefficient (Wildman–Crippen LogP) is 4.92. The van der Waals surface area contributed by atoms with E-state index < -0.39 is 18.4 Å². The molecule has 2 rings (SSSR count). The molecule has 2 aromatic carbocycles. The van der Waals surface area contributed by atoms with Gasteiger partial charge in [-0.2, -0.15) is 3.89 Å². The minimum Gasteiger partial charge on any atom is -0.481 e. The number of carbonyl (C=O) groups is 1. The lowest BCUT2D eigenvalue weighted by atomic mass is 10.1. The number of benzene rings is 2. The van der Waals surface area contributed by atoms with Crippen molar-refractivity contribution in [3.05, 3.63) is 63.4 Å². The molecule has 0 heterocycles. The van der Waals surface area contributed by atoms with Crippen LogP contribution in [0.5, 0.6) is 5.75 Å². The fourth-order valence-electron chi connectivity index (χ4n) is 2.03. The maximum absolute atomic E-state index is 13.9. The van der Waals surface area contributed by atoms with Crippen molar-refractivity contribution in [3.63, 3.8) is 0 Å². The van der Waals surface area contributed by atoms with Gasteiger partial charge in [0.1, 0.15) is 28.8 Å². The molecular formula is C17H14BrF2NO3S. The number of halogens is 3. The van der Waals surface area contributed by atoms with Gasteiger partial charge in [0.05, 0.1) is 12.1 Å². The van der Waals surface area contributed by atoms with Gasteiger partial charge in [-0.1, -0.05) is 33.6 Å². The van der Waals surface area contributed by atoms with Crippen LogP contribution in [0.15, 0.2) is 45.9 Å². The molecule has 1 N–H and O–H groups in total. The summed E-state index contributed by atoms with van der Waals surface area (Å²) in [5.41, 5.74) is 1.47. The second-order valence-corrected chi connectivity index (χ2v) is 6.57. The van der Waals surface area contributed by atoms with E-state index in [2.05, 4.69) is 20.9 Å². The molecule has 0 amide bonds. The van der Waals surface area contributed by atoms with E-state index in [9.17, 15) is 13.1 Å². The zero-order chi connectivity index (χ0) is 18.4. The second kappa shape index (κ2) is 8.96. The van der Waals surface area contributed by atoms with E-state index in [1.807, 2.05) is 0 Å². The number of hydrogen-bond donors (Lipinski definition) is 1. The van der Waals surface area contributed by atoms with Crippen LogP contribution in [0.25, 0.3) is 0 Å². The maximum Gasteiger partial charge on any atom is 0.341 e. The van der Waals surface area contributed by atoms with Gasteiger partial charge in [-0.25, -0.2) is 9.18 Å². The zero-order valence-corrected chi connectivity index (χ0v) is 15.5.